The molecule has 0 unspecified atom stereocenters. The highest BCUT2D eigenvalue weighted by Crippen LogP contribution is 2.21. The number of aryl methyl sites for hydroxylation is 3. The van der Waals surface area contributed by atoms with Gasteiger partial charge in [0.15, 0.2) is 0 Å². The first-order valence-electron chi connectivity index (χ1n) is 6.58. The van der Waals surface area contributed by atoms with Gasteiger partial charge in [-0.05, 0) is 49.6 Å². The maximum atomic E-state index is 11.4. The fourth-order valence-corrected chi connectivity index (χ4v) is 2.04. The number of rotatable bonds is 4. The van der Waals surface area contributed by atoms with Crippen molar-refractivity contribution in [2.45, 2.75) is 26.8 Å². The summed E-state index contributed by atoms with van der Waals surface area (Å²) in [6.07, 6.45) is 0. The van der Waals surface area contributed by atoms with Crippen molar-refractivity contribution in [3.63, 3.8) is 0 Å². The van der Waals surface area contributed by atoms with Crippen molar-refractivity contribution in [2.24, 2.45) is 0 Å². The van der Waals surface area contributed by atoms with Crippen molar-refractivity contribution in [1.82, 2.24) is 0 Å². The van der Waals surface area contributed by atoms with Crippen LogP contribution >= 0.6 is 0 Å². The van der Waals surface area contributed by atoms with Gasteiger partial charge < -0.3 is 15.2 Å². The highest BCUT2D eigenvalue weighted by molar-refractivity contribution is 5.77. The first-order chi connectivity index (χ1) is 9.47. The van der Waals surface area contributed by atoms with E-state index in [1.807, 2.05) is 63.2 Å². The molecule has 104 valence electrons. The van der Waals surface area contributed by atoms with Crippen molar-refractivity contribution in [3.8, 4) is 0 Å². The molecule has 1 N–H and O–H groups in total. The lowest BCUT2D eigenvalue weighted by atomic mass is 10.0. The van der Waals surface area contributed by atoms with Crippen molar-refractivity contribution >= 4 is 11.7 Å². The fourth-order valence-electron chi connectivity index (χ4n) is 2.04. The molecule has 0 aliphatic carbocycles. The number of hydrogen-bond donors (Lipinski definition) is 1. The second-order valence-corrected chi connectivity index (χ2v) is 5.11. The maximum Gasteiger partial charge on any atom is 0.0912 e. The molecule has 3 nitrogen and oxygen atoms in total. The zero-order valence-corrected chi connectivity index (χ0v) is 11.9. The molecule has 0 saturated carbocycles. The van der Waals surface area contributed by atoms with E-state index in [0.29, 0.717) is 5.56 Å². The van der Waals surface area contributed by atoms with E-state index < -0.39 is 12.0 Å². The molecule has 2 aromatic rings. The highest BCUT2D eigenvalue weighted by Gasteiger charge is 2.12. The van der Waals surface area contributed by atoms with E-state index in [1.165, 1.54) is 5.56 Å². The summed E-state index contributed by atoms with van der Waals surface area (Å²) in [4.78, 5) is 11.4. The smallest absolute Gasteiger partial charge is 0.0912 e. The van der Waals surface area contributed by atoms with Crippen LogP contribution in [-0.2, 0) is 4.79 Å². The van der Waals surface area contributed by atoms with Crippen LogP contribution in [0.2, 0.25) is 0 Å². The molecule has 1 atom stereocenters. The maximum absolute atomic E-state index is 11.4. The van der Waals surface area contributed by atoms with Crippen LogP contribution in [0.3, 0.4) is 0 Å². The lowest BCUT2D eigenvalue weighted by Crippen LogP contribution is -2.34. The Balaban J connectivity index is 2.27. The second-order valence-electron chi connectivity index (χ2n) is 5.11. The molecule has 0 spiro atoms. The molecule has 2 aromatic carbocycles. The number of aliphatic carboxylic acids is 1. The summed E-state index contributed by atoms with van der Waals surface area (Å²) in [5.74, 6) is -1.13. The van der Waals surface area contributed by atoms with Gasteiger partial charge in [0.05, 0.1) is 12.0 Å². The summed E-state index contributed by atoms with van der Waals surface area (Å²) in [6, 6.07) is 12.4. The molecule has 0 saturated heterocycles. The molecule has 0 heterocycles. The zero-order valence-electron chi connectivity index (χ0n) is 11.9. The standard InChI is InChI=1S/C17H19NO2/c1-11-4-7-14(8-5-11)16(17(19)20)18-15-9-6-12(2)13(3)10-15/h4-10,16,18H,1-3H3,(H,19,20)/p-1/t16-/m0/s1. The van der Waals surface area contributed by atoms with Crippen LogP contribution < -0.4 is 10.4 Å². The van der Waals surface area contributed by atoms with E-state index in [9.17, 15) is 9.90 Å². The van der Waals surface area contributed by atoms with Crippen molar-refractivity contribution in [1.29, 1.82) is 0 Å². The average Bonchev–Trinajstić information content (AvgIpc) is 2.41. The third-order valence-electron chi connectivity index (χ3n) is 3.46. The Kier molecular flexibility index (Phi) is 4.08. The Bertz CT molecular complexity index is 617. The van der Waals surface area contributed by atoms with Crippen LogP contribution in [0.1, 0.15) is 28.3 Å². The van der Waals surface area contributed by atoms with Gasteiger partial charge in [-0.15, -0.1) is 0 Å². The van der Waals surface area contributed by atoms with Gasteiger partial charge in [-0.2, -0.15) is 0 Å². The number of carboxylic acids is 1. The van der Waals surface area contributed by atoms with E-state index in [0.717, 1.165) is 16.8 Å². The Morgan fingerprint density at radius 1 is 1.00 bits per heavy atom. The summed E-state index contributed by atoms with van der Waals surface area (Å²) in [7, 11) is 0. The number of hydrogen-bond acceptors (Lipinski definition) is 3. The van der Waals surface area contributed by atoms with E-state index in [1.54, 1.807) is 0 Å². The number of anilines is 1. The number of benzene rings is 2. The van der Waals surface area contributed by atoms with Crippen LogP contribution in [0.5, 0.6) is 0 Å². The van der Waals surface area contributed by atoms with Gasteiger partial charge in [0.2, 0.25) is 0 Å². The Hall–Kier alpha value is -2.29. The number of carbonyl (C=O) groups excluding carboxylic acids is 1. The normalized spacial score (nSPS) is 11.9. The van der Waals surface area contributed by atoms with Gasteiger partial charge in [-0.1, -0.05) is 35.9 Å². The largest absolute Gasteiger partial charge is 0.548 e. The quantitative estimate of drug-likeness (QED) is 0.927. The number of carboxylic acid groups (broad SMARTS) is 1. The monoisotopic (exact) mass is 268 g/mol. The first-order valence-corrected chi connectivity index (χ1v) is 6.58. The molecule has 2 rings (SSSR count). The minimum absolute atomic E-state index is 0.689. The van der Waals surface area contributed by atoms with E-state index in [4.69, 9.17) is 0 Å². The Morgan fingerprint density at radius 3 is 2.20 bits per heavy atom. The van der Waals surface area contributed by atoms with Crippen LogP contribution in [0.15, 0.2) is 42.5 Å². The second kappa shape index (κ2) is 5.78. The summed E-state index contributed by atoms with van der Waals surface area (Å²) >= 11 is 0. The Morgan fingerprint density at radius 2 is 1.65 bits per heavy atom. The van der Waals surface area contributed by atoms with Crippen LogP contribution in [0.25, 0.3) is 0 Å². The van der Waals surface area contributed by atoms with Gasteiger partial charge in [0.25, 0.3) is 0 Å². The summed E-state index contributed by atoms with van der Waals surface area (Å²) in [5, 5.41) is 14.4. The van der Waals surface area contributed by atoms with Crippen LogP contribution in [-0.4, -0.2) is 5.97 Å². The van der Waals surface area contributed by atoms with E-state index in [2.05, 4.69) is 5.32 Å². The van der Waals surface area contributed by atoms with Crippen LogP contribution in [0.4, 0.5) is 5.69 Å². The van der Waals surface area contributed by atoms with Gasteiger partial charge in [-0.25, -0.2) is 0 Å². The molecule has 0 fully saturated rings. The molecule has 0 radical (unpaired) electrons. The number of nitrogens with one attached hydrogen (secondary N) is 1. The van der Waals surface area contributed by atoms with Crippen molar-refractivity contribution < 1.29 is 9.90 Å². The molecule has 0 aromatic heterocycles. The third kappa shape index (κ3) is 3.18. The predicted molar refractivity (Wildman–Crippen MR) is 78.5 cm³/mol. The van der Waals surface area contributed by atoms with Crippen LogP contribution in [0, 0.1) is 20.8 Å². The highest BCUT2D eigenvalue weighted by atomic mass is 16.4. The average molecular weight is 268 g/mol. The SMILES string of the molecule is Cc1ccc([C@H](Nc2ccc(C)c(C)c2)C(=O)[O-])cc1. The molecular weight excluding hydrogens is 250 g/mol. The zero-order chi connectivity index (χ0) is 14.7. The van der Waals surface area contributed by atoms with E-state index >= 15 is 0 Å². The van der Waals surface area contributed by atoms with Gasteiger partial charge in [0, 0.05) is 5.69 Å². The summed E-state index contributed by atoms with van der Waals surface area (Å²) in [6.45, 7) is 5.99. The molecular formula is C17H18NO2-. The molecule has 0 amide bonds. The van der Waals surface area contributed by atoms with Gasteiger partial charge in [-0.3, -0.25) is 0 Å². The van der Waals surface area contributed by atoms with Gasteiger partial charge >= 0.3 is 0 Å². The number of carbonyl (C=O) groups is 1. The van der Waals surface area contributed by atoms with Gasteiger partial charge in [0.1, 0.15) is 0 Å². The van der Waals surface area contributed by atoms with Crippen molar-refractivity contribution in [2.75, 3.05) is 5.32 Å². The molecule has 3 heteroatoms. The molecule has 20 heavy (non-hydrogen) atoms. The summed E-state index contributed by atoms with van der Waals surface area (Å²) < 4.78 is 0. The topological polar surface area (TPSA) is 52.2 Å². The van der Waals surface area contributed by atoms with Crippen molar-refractivity contribution in [3.05, 3.63) is 64.7 Å². The fraction of sp³-hybridized carbons (Fsp3) is 0.235. The minimum atomic E-state index is -1.13. The third-order valence-corrected chi connectivity index (χ3v) is 3.46. The molecule has 0 aliphatic heterocycles. The lowest BCUT2D eigenvalue weighted by Gasteiger charge is -2.22. The predicted octanol–water partition coefficient (Wildman–Crippen LogP) is 2.51. The Labute approximate surface area is 119 Å². The minimum Gasteiger partial charge on any atom is -0.548 e. The lowest BCUT2D eigenvalue weighted by molar-refractivity contribution is -0.307. The molecule has 0 aliphatic rings. The molecule has 0 bridgehead atoms. The summed E-state index contributed by atoms with van der Waals surface area (Å²) in [5.41, 5.74) is 4.86. The van der Waals surface area contributed by atoms with E-state index in [-0.39, 0.29) is 0 Å². The first kappa shape index (κ1) is 14.1.